The van der Waals surface area contributed by atoms with Gasteiger partial charge in [-0.1, -0.05) is 35.3 Å². The SMILES string of the molecule is Cc1ccc(C(=O)[O-])cc1NC(=O)Nc1ccc(Cl)c(Cl)c1. The van der Waals surface area contributed by atoms with Gasteiger partial charge in [-0.3, -0.25) is 0 Å². The Hall–Kier alpha value is -2.24. The average Bonchev–Trinajstić information content (AvgIpc) is 2.45. The van der Waals surface area contributed by atoms with E-state index in [0.29, 0.717) is 27.0 Å². The first-order chi connectivity index (χ1) is 10.4. The number of urea groups is 1. The van der Waals surface area contributed by atoms with E-state index in [-0.39, 0.29) is 5.56 Å². The number of aryl methyl sites for hydroxylation is 1. The van der Waals surface area contributed by atoms with Crippen molar-refractivity contribution in [3.63, 3.8) is 0 Å². The van der Waals surface area contributed by atoms with Gasteiger partial charge in [0.05, 0.1) is 16.0 Å². The number of benzene rings is 2. The highest BCUT2D eigenvalue weighted by Crippen LogP contribution is 2.25. The topological polar surface area (TPSA) is 81.3 Å². The number of carbonyl (C=O) groups is 2. The van der Waals surface area contributed by atoms with Gasteiger partial charge in [-0.05, 0) is 42.3 Å². The van der Waals surface area contributed by atoms with Crippen LogP contribution in [0, 0.1) is 6.92 Å². The first-order valence-corrected chi connectivity index (χ1v) is 6.97. The Bertz CT molecular complexity index is 748. The highest BCUT2D eigenvalue weighted by Gasteiger charge is 2.07. The predicted molar refractivity (Wildman–Crippen MR) is 84.6 cm³/mol. The maximum absolute atomic E-state index is 12.0. The second kappa shape index (κ2) is 6.68. The molecule has 114 valence electrons. The van der Waals surface area contributed by atoms with Crippen LogP contribution in [0.2, 0.25) is 10.0 Å². The van der Waals surface area contributed by atoms with Crippen LogP contribution in [0.1, 0.15) is 15.9 Å². The first-order valence-electron chi connectivity index (χ1n) is 6.22. The number of amides is 2. The van der Waals surface area contributed by atoms with E-state index in [2.05, 4.69) is 10.6 Å². The van der Waals surface area contributed by atoms with Crippen LogP contribution in [0.4, 0.5) is 16.2 Å². The summed E-state index contributed by atoms with van der Waals surface area (Å²) in [4.78, 5) is 22.8. The number of carboxylic acids is 1. The van der Waals surface area contributed by atoms with Crippen molar-refractivity contribution in [2.45, 2.75) is 6.92 Å². The lowest BCUT2D eigenvalue weighted by Crippen LogP contribution is -2.23. The fraction of sp³-hybridized carbons (Fsp3) is 0.0667. The number of hydrogen-bond acceptors (Lipinski definition) is 3. The number of aromatic carboxylic acids is 1. The molecule has 0 saturated carbocycles. The monoisotopic (exact) mass is 337 g/mol. The molecule has 0 aliphatic carbocycles. The molecule has 22 heavy (non-hydrogen) atoms. The second-order valence-corrected chi connectivity index (χ2v) is 5.34. The maximum atomic E-state index is 12.0. The molecule has 5 nitrogen and oxygen atoms in total. The van der Waals surface area contributed by atoms with Crippen LogP contribution < -0.4 is 15.7 Å². The van der Waals surface area contributed by atoms with Crippen LogP contribution >= 0.6 is 23.2 Å². The molecule has 0 aromatic heterocycles. The van der Waals surface area contributed by atoms with Gasteiger partial charge in [0.25, 0.3) is 0 Å². The van der Waals surface area contributed by atoms with Crippen molar-refractivity contribution in [2.24, 2.45) is 0 Å². The van der Waals surface area contributed by atoms with Crippen LogP contribution in [0.3, 0.4) is 0 Å². The lowest BCUT2D eigenvalue weighted by atomic mass is 10.1. The van der Waals surface area contributed by atoms with E-state index < -0.39 is 12.0 Å². The summed E-state index contributed by atoms with van der Waals surface area (Å²) in [6, 6.07) is 8.45. The zero-order valence-corrected chi connectivity index (χ0v) is 13.0. The first kappa shape index (κ1) is 16.1. The van der Waals surface area contributed by atoms with Crippen molar-refractivity contribution in [3.8, 4) is 0 Å². The number of nitrogens with one attached hydrogen (secondary N) is 2. The summed E-state index contributed by atoms with van der Waals surface area (Å²) in [7, 11) is 0. The summed E-state index contributed by atoms with van der Waals surface area (Å²) in [5, 5.41) is 16.7. The zero-order chi connectivity index (χ0) is 16.3. The minimum atomic E-state index is -1.31. The molecule has 2 rings (SSSR count). The van der Waals surface area contributed by atoms with Gasteiger partial charge in [-0.25, -0.2) is 4.79 Å². The molecular formula is C15H11Cl2N2O3-. The van der Waals surface area contributed by atoms with Crippen molar-refractivity contribution < 1.29 is 14.7 Å². The molecule has 0 aliphatic rings. The fourth-order valence-electron chi connectivity index (χ4n) is 1.74. The summed E-state index contributed by atoms with van der Waals surface area (Å²) >= 11 is 11.7. The van der Waals surface area contributed by atoms with Crippen molar-refractivity contribution in [3.05, 3.63) is 57.6 Å². The van der Waals surface area contributed by atoms with Gasteiger partial charge in [-0.15, -0.1) is 0 Å². The van der Waals surface area contributed by atoms with E-state index in [9.17, 15) is 14.7 Å². The van der Waals surface area contributed by atoms with Crippen molar-refractivity contribution >= 4 is 46.6 Å². The van der Waals surface area contributed by atoms with Crippen LogP contribution in [-0.2, 0) is 0 Å². The van der Waals surface area contributed by atoms with Crippen LogP contribution in [0.15, 0.2) is 36.4 Å². The third-order valence-electron chi connectivity index (χ3n) is 2.90. The van der Waals surface area contributed by atoms with Gasteiger partial charge in [0.1, 0.15) is 0 Å². The zero-order valence-electron chi connectivity index (χ0n) is 11.4. The van der Waals surface area contributed by atoms with Crippen LogP contribution in [0.25, 0.3) is 0 Å². The summed E-state index contributed by atoms with van der Waals surface area (Å²) in [5.74, 6) is -1.31. The molecule has 0 spiro atoms. The van der Waals surface area contributed by atoms with Crippen molar-refractivity contribution in [2.75, 3.05) is 10.6 Å². The number of carbonyl (C=O) groups excluding carboxylic acids is 2. The Kier molecular flexibility index (Phi) is 4.90. The quantitative estimate of drug-likeness (QED) is 0.901. The third kappa shape index (κ3) is 3.90. The Morgan fingerprint density at radius 2 is 1.73 bits per heavy atom. The summed E-state index contributed by atoms with van der Waals surface area (Å²) in [5.41, 5.74) is 1.53. The van der Waals surface area contributed by atoms with Gasteiger partial charge < -0.3 is 20.5 Å². The Morgan fingerprint density at radius 1 is 1.00 bits per heavy atom. The van der Waals surface area contributed by atoms with Crippen LogP contribution in [0.5, 0.6) is 0 Å². The molecule has 0 radical (unpaired) electrons. The molecule has 0 bridgehead atoms. The fourth-order valence-corrected chi connectivity index (χ4v) is 2.04. The molecule has 2 aromatic carbocycles. The smallest absolute Gasteiger partial charge is 0.323 e. The lowest BCUT2D eigenvalue weighted by Gasteiger charge is -2.12. The standard InChI is InChI=1S/C15H12Cl2N2O3/c1-8-2-3-9(14(20)21)6-13(8)19-15(22)18-10-4-5-11(16)12(17)7-10/h2-7H,1H3,(H,20,21)(H2,18,19,22)/p-1. The largest absolute Gasteiger partial charge is 0.545 e. The summed E-state index contributed by atoms with van der Waals surface area (Å²) in [6.45, 7) is 1.74. The molecule has 2 aromatic rings. The van der Waals surface area contributed by atoms with Gasteiger partial charge in [0.15, 0.2) is 0 Å². The van der Waals surface area contributed by atoms with Crippen molar-refractivity contribution in [1.29, 1.82) is 0 Å². The molecule has 0 aliphatic heterocycles. The normalized spacial score (nSPS) is 10.1. The van der Waals surface area contributed by atoms with E-state index >= 15 is 0 Å². The summed E-state index contributed by atoms with van der Waals surface area (Å²) < 4.78 is 0. The molecule has 0 fully saturated rings. The van der Waals surface area contributed by atoms with Gasteiger partial charge in [0.2, 0.25) is 0 Å². The Labute approximate surface area is 136 Å². The molecule has 2 amide bonds. The Morgan fingerprint density at radius 3 is 2.36 bits per heavy atom. The van der Waals surface area contributed by atoms with E-state index in [4.69, 9.17) is 23.2 Å². The van der Waals surface area contributed by atoms with Crippen LogP contribution in [-0.4, -0.2) is 12.0 Å². The minimum absolute atomic E-state index is 0.0181. The minimum Gasteiger partial charge on any atom is -0.545 e. The molecule has 0 heterocycles. The lowest BCUT2D eigenvalue weighted by molar-refractivity contribution is -0.255. The summed E-state index contributed by atoms with van der Waals surface area (Å²) in [6.07, 6.45) is 0. The van der Waals surface area contributed by atoms with E-state index in [1.807, 2.05) is 0 Å². The molecule has 2 N–H and O–H groups in total. The van der Waals surface area contributed by atoms with Crippen molar-refractivity contribution in [1.82, 2.24) is 0 Å². The molecule has 0 atom stereocenters. The van der Waals surface area contributed by atoms with E-state index in [1.165, 1.54) is 18.2 Å². The number of carboxylic acid groups (broad SMARTS) is 1. The number of hydrogen-bond donors (Lipinski definition) is 2. The van der Waals surface area contributed by atoms with E-state index in [1.54, 1.807) is 25.1 Å². The van der Waals surface area contributed by atoms with Gasteiger partial charge in [0, 0.05) is 11.4 Å². The predicted octanol–water partition coefficient (Wildman–Crippen LogP) is 3.31. The average molecular weight is 338 g/mol. The number of halogens is 2. The van der Waals surface area contributed by atoms with Gasteiger partial charge in [-0.2, -0.15) is 0 Å². The molecule has 0 saturated heterocycles. The molecule has 0 unspecified atom stereocenters. The Balaban J connectivity index is 2.13. The number of rotatable bonds is 3. The van der Waals surface area contributed by atoms with Gasteiger partial charge >= 0.3 is 6.03 Å². The molecular weight excluding hydrogens is 327 g/mol. The third-order valence-corrected chi connectivity index (χ3v) is 3.64. The van der Waals surface area contributed by atoms with E-state index in [0.717, 1.165) is 0 Å². The highest BCUT2D eigenvalue weighted by molar-refractivity contribution is 6.42. The molecule has 7 heteroatoms. The highest BCUT2D eigenvalue weighted by atomic mass is 35.5. The second-order valence-electron chi connectivity index (χ2n) is 4.53. The number of anilines is 2. The maximum Gasteiger partial charge on any atom is 0.323 e.